The maximum Gasteiger partial charge on any atom is 0.129 e. The molecule has 1 heterocycles. The van der Waals surface area contributed by atoms with Crippen molar-refractivity contribution in [3.05, 3.63) is 0 Å². The molecule has 0 bridgehead atoms. The molecule has 2 N–H and O–H groups in total. The van der Waals surface area contributed by atoms with Crippen molar-refractivity contribution in [2.45, 2.75) is 12.6 Å². The van der Waals surface area contributed by atoms with Gasteiger partial charge in [0.15, 0.2) is 0 Å². The summed E-state index contributed by atoms with van der Waals surface area (Å²) < 4.78 is 13.1. The second kappa shape index (κ2) is 3.99. The molecule has 0 saturated carbocycles. The lowest BCUT2D eigenvalue weighted by molar-refractivity contribution is 0.0566. The van der Waals surface area contributed by atoms with E-state index in [2.05, 4.69) is 9.74 Å². The van der Waals surface area contributed by atoms with Gasteiger partial charge in [-0.2, -0.15) is 0 Å². The second-order valence-corrected chi connectivity index (χ2v) is 3.16. The Morgan fingerprint density at radius 3 is 3.00 bits per heavy atom. The van der Waals surface area contributed by atoms with Crippen LogP contribution >= 0.6 is 0 Å². The van der Waals surface area contributed by atoms with Gasteiger partial charge in [0.1, 0.15) is 6.17 Å². The standard InChI is InChI=1S/C7H15FN2O/c1-10-3-2-6(4-10)7(8)5-11-9/h6-7H,2-5,9H2,1H3. The summed E-state index contributed by atoms with van der Waals surface area (Å²) in [6, 6.07) is 0. The number of likely N-dealkylation sites (tertiary alicyclic amines) is 1. The van der Waals surface area contributed by atoms with Gasteiger partial charge < -0.3 is 9.74 Å². The lowest BCUT2D eigenvalue weighted by atomic mass is 10.0. The van der Waals surface area contributed by atoms with Crippen molar-refractivity contribution in [3.8, 4) is 0 Å². The molecule has 1 rings (SSSR count). The highest BCUT2D eigenvalue weighted by Crippen LogP contribution is 2.20. The lowest BCUT2D eigenvalue weighted by Crippen LogP contribution is -2.25. The van der Waals surface area contributed by atoms with Crippen molar-refractivity contribution >= 4 is 0 Å². The number of nitrogens with zero attached hydrogens (tertiary/aromatic N) is 1. The maximum absolute atomic E-state index is 13.1. The van der Waals surface area contributed by atoms with E-state index in [0.29, 0.717) is 0 Å². The van der Waals surface area contributed by atoms with Crippen LogP contribution in [0.5, 0.6) is 0 Å². The Hall–Kier alpha value is -0.190. The van der Waals surface area contributed by atoms with Crippen LogP contribution in [-0.2, 0) is 4.84 Å². The molecule has 66 valence electrons. The van der Waals surface area contributed by atoms with E-state index >= 15 is 0 Å². The molecule has 0 aromatic rings. The summed E-state index contributed by atoms with van der Waals surface area (Å²) in [5, 5.41) is 0. The van der Waals surface area contributed by atoms with Crippen LogP contribution in [0.25, 0.3) is 0 Å². The molecule has 0 aromatic carbocycles. The molecule has 2 unspecified atom stereocenters. The minimum Gasteiger partial charge on any atom is -0.306 e. The molecule has 1 aliphatic rings. The quantitative estimate of drug-likeness (QED) is 0.601. The number of rotatable bonds is 3. The number of halogens is 1. The highest BCUT2D eigenvalue weighted by Gasteiger charge is 2.27. The van der Waals surface area contributed by atoms with Crippen LogP contribution in [0, 0.1) is 5.92 Å². The summed E-state index contributed by atoms with van der Waals surface area (Å²) in [5.74, 6) is 4.89. The first kappa shape index (κ1) is 8.90. The first-order valence-corrected chi connectivity index (χ1v) is 3.88. The number of nitrogens with two attached hydrogens (primary N) is 1. The van der Waals surface area contributed by atoms with E-state index in [4.69, 9.17) is 5.90 Å². The van der Waals surface area contributed by atoms with E-state index in [1.165, 1.54) is 0 Å². The zero-order valence-corrected chi connectivity index (χ0v) is 6.79. The van der Waals surface area contributed by atoms with Crippen LogP contribution in [0.3, 0.4) is 0 Å². The maximum atomic E-state index is 13.1. The van der Waals surface area contributed by atoms with Gasteiger partial charge in [-0.05, 0) is 20.0 Å². The lowest BCUT2D eigenvalue weighted by Gasteiger charge is -2.13. The summed E-state index contributed by atoms with van der Waals surface area (Å²) in [7, 11) is 2.00. The monoisotopic (exact) mass is 162 g/mol. The van der Waals surface area contributed by atoms with Crippen LogP contribution in [0.1, 0.15) is 6.42 Å². The molecule has 2 atom stereocenters. The number of hydrogen-bond donors (Lipinski definition) is 1. The van der Waals surface area contributed by atoms with Gasteiger partial charge in [0.25, 0.3) is 0 Å². The highest BCUT2D eigenvalue weighted by molar-refractivity contribution is 4.78. The molecule has 11 heavy (non-hydrogen) atoms. The molecule has 0 aromatic heterocycles. The van der Waals surface area contributed by atoms with E-state index in [1.54, 1.807) is 0 Å². The summed E-state index contributed by atoms with van der Waals surface area (Å²) in [6.07, 6.45) is 0.0195. The summed E-state index contributed by atoms with van der Waals surface area (Å²) in [6.45, 7) is 1.83. The fourth-order valence-electron chi connectivity index (χ4n) is 1.49. The molecule has 1 fully saturated rings. The van der Waals surface area contributed by atoms with Crippen LogP contribution in [0.2, 0.25) is 0 Å². The first-order chi connectivity index (χ1) is 5.24. The van der Waals surface area contributed by atoms with Crippen LogP contribution in [0.4, 0.5) is 4.39 Å². The topological polar surface area (TPSA) is 38.5 Å². The van der Waals surface area contributed by atoms with Crippen molar-refractivity contribution in [3.63, 3.8) is 0 Å². The van der Waals surface area contributed by atoms with Crippen molar-refractivity contribution < 1.29 is 9.23 Å². The largest absolute Gasteiger partial charge is 0.306 e. The normalized spacial score (nSPS) is 29.2. The fourth-order valence-corrected chi connectivity index (χ4v) is 1.49. The average molecular weight is 162 g/mol. The Morgan fingerprint density at radius 2 is 2.55 bits per heavy atom. The van der Waals surface area contributed by atoms with Gasteiger partial charge in [-0.3, -0.25) is 0 Å². The molecule has 3 nitrogen and oxygen atoms in total. The van der Waals surface area contributed by atoms with Crippen LogP contribution in [0.15, 0.2) is 0 Å². The number of alkyl halides is 1. The van der Waals surface area contributed by atoms with E-state index in [-0.39, 0.29) is 12.5 Å². The van der Waals surface area contributed by atoms with Crippen LogP contribution in [-0.4, -0.2) is 37.8 Å². The summed E-state index contributed by atoms with van der Waals surface area (Å²) in [4.78, 5) is 6.38. The van der Waals surface area contributed by atoms with Crippen LogP contribution < -0.4 is 5.90 Å². The molecule has 4 heteroatoms. The molecule has 0 amide bonds. The van der Waals surface area contributed by atoms with Crippen molar-refractivity contribution in [1.29, 1.82) is 0 Å². The molecule has 1 saturated heterocycles. The third-order valence-electron chi connectivity index (χ3n) is 2.19. The zero-order chi connectivity index (χ0) is 8.27. The minimum absolute atomic E-state index is 0.0263. The van der Waals surface area contributed by atoms with Gasteiger partial charge in [0, 0.05) is 12.5 Å². The fraction of sp³-hybridized carbons (Fsp3) is 1.00. The van der Waals surface area contributed by atoms with Crippen molar-refractivity contribution in [1.82, 2.24) is 4.90 Å². The number of hydrogen-bond acceptors (Lipinski definition) is 3. The van der Waals surface area contributed by atoms with Gasteiger partial charge in [0.2, 0.25) is 0 Å². The van der Waals surface area contributed by atoms with E-state index in [1.807, 2.05) is 7.05 Å². The van der Waals surface area contributed by atoms with Crippen molar-refractivity contribution in [2.24, 2.45) is 11.8 Å². The third-order valence-corrected chi connectivity index (χ3v) is 2.19. The SMILES string of the molecule is CN1CCC(C(F)CON)C1. The highest BCUT2D eigenvalue weighted by atomic mass is 19.1. The Balaban J connectivity index is 2.25. The minimum atomic E-state index is -0.898. The molecule has 0 spiro atoms. The van der Waals surface area contributed by atoms with Gasteiger partial charge >= 0.3 is 0 Å². The Kier molecular flexibility index (Phi) is 3.23. The predicted octanol–water partition coefficient (Wildman–Crippen LogP) is 0.166. The summed E-state index contributed by atoms with van der Waals surface area (Å²) in [5.41, 5.74) is 0. The predicted molar refractivity (Wildman–Crippen MR) is 40.6 cm³/mol. The van der Waals surface area contributed by atoms with Gasteiger partial charge in [-0.1, -0.05) is 0 Å². The van der Waals surface area contributed by atoms with E-state index in [9.17, 15) is 4.39 Å². The van der Waals surface area contributed by atoms with Gasteiger partial charge in [-0.15, -0.1) is 0 Å². The van der Waals surface area contributed by atoms with Crippen molar-refractivity contribution in [2.75, 3.05) is 26.7 Å². The third kappa shape index (κ3) is 2.39. The molecular weight excluding hydrogens is 147 g/mol. The molecule has 1 aliphatic heterocycles. The van der Waals surface area contributed by atoms with E-state index < -0.39 is 6.17 Å². The average Bonchev–Trinajstić information content (AvgIpc) is 2.36. The molecule has 0 radical (unpaired) electrons. The smallest absolute Gasteiger partial charge is 0.129 e. The Bertz CT molecular complexity index is 123. The molecule has 0 aliphatic carbocycles. The van der Waals surface area contributed by atoms with Gasteiger partial charge in [-0.25, -0.2) is 10.3 Å². The second-order valence-electron chi connectivity index (χ2n) is 3.16. The summed E-state index contributed by atoms with van der Waals surface area (Å²) >= 11 is 0. The first-order valence-electron chi connectivity index (χ1n) is 3.88. The molecular formula is C7H15FN2O. The zero-order valence-electron chi connectivity index (χ0n) is 6.79. The van der Waals surface area contributed by atoms with E-state index in [0.717, 1.165) is 19.5 Å². The Labute approximate surface area is 66.3 Å². The Morgan fingerprint density at radius 1 is 1.82 bits per heavy atom. The van der Waals surface area contributed by atoms with Gasteiger partial charge in [0.05, 0.1) is 6.61 Å².